The number of unbranched alkanes of at least 4 members (excludes halogenated alkanes) is 2. The van der Waals surface area contributed by atoms with Crippen molar-refractivity contribution in [1.82, 2.24) is 10.2 Å². The summed E-state index contributed by atoms with van der Waals surface area (Å²) in [6.45, 7) is 13.8. The maximum Gasteiger partial charge on any atom is 0.312 e. The molecule has 0 radical (unpaired) electrons. The van der Waals surface area contributed by atoms with Gasteiger partial charge in [-0.1, -0.05) is 40.2 Å². The summed E-state index contributed by atoms with van der Waals surface area (Å²) in [7, 11) is 0. The molecule has 3 aliphatic heterocycles. The van der Waals surface area contributed by atoms with Crippen LogP contribution in [0.25, 0.3) is 0 Å². The molecule has 2 N–H and O–H groups in total. The zero-order valence-electron chi connectivity index (χ0n) is 26.5. The van der Waals surface area contributed by atoms with Crippen LogP contribution < -0.4 is 10.2 Å². The number of aryl methyl sites for hydroxylation is 2. The Labute approximate surface area is 274 Å². The van der Waals surface area contributed by atoms with Gasteiger partial charge in [-0.05, 0) is 70.1 Å². The number of carbonyl (C=O) groups excluding carboxylic acids is 4. The molecule has 7 atom stereocenters. The normalized spacial score (nSPS) is 27.2. The number of aliphatic hydroxyl groups excluding tert-OH is 1. The molecule has 1 spiro atoms. The van der Waals surface area contributed by atoms with Gasteiger partial charge < -0.3 is 29.7 Å². The average Bonchev–Trinajstić information content (AvgIpc) is 3.60. The predicted octanol–water partition coefficient (Wildman–Crippen LogP) is 3.75. The molecule has 45 heavy (non-hydrogen) atoms. The number of likely N-dealkylation sites (tertiary alicyclic amines) is 1. The van der Waals surface area contributed by atoms with Gasteiger partial charge in [0.1, 0.15) is 17.7 Å². The first-order chi connectivity index (χ1) is 21.5. The highest BCUT2D eigenvalue weighted by atomic mass is 79.9. The van der Waals surface area contributed by atoms with E-state index < -0.39 is 41.7 Å². The van der Waals surface area contributed by atoms with Crippen molar-refractivity contribution >= 4 is 45.3 Å². The van der Waals surface area contributed by atoms with E-state index in [9.17, 15) is 24.3 Å². The SMILES string of the molecule is C=CCCC(=O)NC[C@H](C)OC(=O)[C@H]1[C@@H]2O[C@@]3(CC2Br)[C@@H]1C(=O)N(CCCCCO)[C@@H]3C(=O)N(CC=C)c1cc(C)ccc1C. The maximum atomic E-state index is 14.7. The van der Waals surface area contributed by atoms with Gasteiger partial charge in [0.2, 0.25) is 11.8 Å². The van der Waals surface area contributed by atoms with E-state index in [0.29, 0.717) is 38.5 Å². The summed E-state index contributed by atoms with van der Waals surface area (Å²) in [5.74, 6) is -3.15. The molecule has 0 aromatic heterocycles. The van der Waals surface area contributed by atoms with Gasteiger partial charge in [0.05, 0.1) is 24.5 Å². The van der Waals surface area contributed by atoms with Crippen LogP contribution in [0.2, 0.25) is 0 Å². The molecule has 3 aliphatic rings. The van der Waals surface area contributed by atoms with Crippen LogP contribution in [0, 0.1) is 25.7 Å². The van der Waals surface area contributed by atoms with Crippen molar-refractivity contribution in [2.75, 3.05) is 31.1 Å². The van der Waals surface area contributed by atoms with Crippen molar-refractivity contribution in [2.45, 2.75) is 88.0 Å². The number of amides is 3. The number of hydrogen-bond acceptors (Lipinski definition) is 7. The standard InChI is InChI=1S/C34H46BrN3O7/c1-6-8-12-26(40)36-20-23(5)44-33(43)27-28-31(41)38(16-10-9-11-17-39)30(34(28)19-24(35)29(27)45-34)32(42)37(15-7-2)25-18-21(3)13-14-22(25)4/h6-7,13-14,18,23-24,27-30,39H,1-2,8-12,15-17,19-20H2,3-5H3,(H,36,40)/t23-,24?,27+,28-,29+,30+,34-/m0/s1. The molecule has 3 saturated heterocycles. The quantitative estimate of drug-likeness (QED) is 0.117. The molecule has 4 rings (SSSR count). The van der Waals surface area contributed by atoms with Crippen molar-refractivity contribution < 1.29 is 33.8 Å². The molecule has 3 fully saturated rings. The summed E-state index contributed by atoms with van der Waals surface area (Å²) in [5, 5.41) is 12.1. The Morgan fingerprint density at radius 3 is 2.69 bits per heavy atom. The fourth-order valence-electron chi connectivity index (χ4n) is 6.98. The molecule has 246 valence electrons. The first-order valence-electron chi connectivity index (χ1n) is 15.8. The van der Waals surface area contributed by atoms with Crippen LogP contribution in [0.1, 0.15) is 56.6 Å². The highest BCUT2D eigenvalue weighted by Gasteiger charge is 2.77. The highest BCUT2D eigenvalue weighted by Crippen LogP contribution is 2.60. The third kappa shape index (κ3) is 7.05. The summed E-state index contributed by atoms with van der Waals surface area (Å²) in [6.07, 6.45) is 5.10. The van der Waals surface area contributed by atoms with E-state index in [2.05, 4.69) is 34.4 Å². The van der Waals surface area contributed by atoms with Gasteiger partial charge in [0, 0.05) is 36.6 Å². The minimum Gasteiger partial charge on any atom is -0.460 e. The van der Waals surface area contributed by atoms with Gasteiger partial charge in [-0.3, -0.25) is 19.2 Å². The number of carbonyl (C=O) groups is 4. The van der Waals surface area contributed by atoms with Crippen molar-refractivity contribution in [3.05, 3.63) is 54.6 Å². The number of nitrogens with zero attached hydrogens (tertiary/aromatic N) is 2. The topological polar surface area (TPSA) is 125 Å². The van der Waals surface area contributed by atoms with Gasteiger partial charge in [0.25, 0.3) is 5.91 Å². The van der Waals surface area contributed by atoms with Crippen LogP contribution in [-0.2, 0) is 28.7 Å². The molecule has 3 amide bonds. The van der Waals surface area contributed by atoms with E-state index >= 15 is 0 Å². The number of alkyl halides is 1. The van der Waals surface area contributed by atoms with Crippen molar-refractivity contribution in [2.24, 2.45) is 11.8 Å². The number of aliphatic hydroxyl groups is 1. The van der Waals surface area contributed by atoms with Crippen molar-refractivity contribution in [3.63, 3.8) is 0 Å². The number of halogens is 1. The van der Waals surface area contributed by atoms with Gasteiger partial charge >= 0.3 is 5.97 Å². The van der Waals surface area contributed by atoms with E-state index in [1.54, 1.807) is 28.9 Å². The monoisotopic (exact) mass is 687 g/mol. The molecule has 1 aromatic carbocycles. The molecule has 3 heterocycles. The minimum absolute atomic E-state index is 0.0412. The lowest BCUT2D eigenvalue weighted by Crippen LogP contribution is -2.57. The third-order valence-electron chi connectivity index (χ3n) is 9.07. The van der Waals surface area contributed by atoms with Crippen LogP contribution in [0.4, 0.5) is 5.69 Å². The first kappa shape index (κ1) is 34.8. The number of benzene rings is 1. The average molecular weight is 689 g/mol. The number of esters is 1. The molecule has 0 aliphatic carbocycles. The molecule has 0 saturated carbocycles. The van der Waals surface area contributed by atoms with Gasteiger partial charge in [-0.25, -0.2) is 0 Å². The molecule has 1 aromatic rings. The van der Waals surface area contributed by atoms with E-state index in [1.807, 2.05) is 32.0 Å². The predicted molar refractivity (Wildman–Crippen MR) is 175 cm³/mol. The molecular weight excluding hydrogens is 642 g/mol. The highest BCUT2D eigenvalue weighted by molar-refractivity contribution is 9.09. The second-order valence-electron chi connectivity index (χ2n) is 12.4. The Morgan fingerprint density at radius 1 is 1.24 bits per heavy atom. The van der Waals surface area contributed by atoms with Gasteiger partial charge in [0.15, 0.2) is 0 Å². The Hall–Kier alpha value is -3.02. The second kappa shape index (κ2) is 15.0. The summed E-state index contributed by atoms with van der Waals surface area (Å²) in [4.78, 5) is 57.9. The Kier molecular flexibility index (Phi) is 11.7. The van der Waals surface area contributed by atoms with Gasteiger partial charge in [-0.2, -0.15) is 0 Å². The fourth-order valence-corrected chi connectivity index (χ4v) is 7.92. The lowest BCUT2D eigenvalue weighted by molar-refractivity contribution is -0.159. The largest absolute Gasteiger partial charge is 0.460 e. The Morgan fingerprint density at radius 2 is 2.00 bits per heavy atom. The minimum atomic E-state index is -1.23. The number of fused-ring (bicyclic) bond motifs is 1. The Bertz CT molecular complexity index is 1300. The molecule has 11 heteroatoms. The molecule has 1 unspecified atom stereocenters. The lowest BCUT2D eigenvalue weighted by atomic mass is 9.70. The summed E-state index contributed by atoms with van der Waals surface area (Å²) in [5.41, 5.74) is 1.40. The van der Waals surface area contributed by atoms with E-state index in [4.69, 9.17) is 9.47 Å². The smallest absolute Gasteiger partial charge is 0.312 e. The lowest BCUT2D eigenvalue weighted by Gasteiger charge is -2.37. The van der Waals surface area contributed by atoms with Crippen molar-refractivity contribution in [1.29, 1.82) is 0 Å². The zero-order chi connectivity index (χ0) is 32.9. The maximum absolute atomic E-state index is 14.7. The van der Waals surface area contributed by atoms with E-state index in [1.165, 1.54) is 0 Å². The van der Waals surface area contributed by atoms with E-state index in [0.717, 1.165) is 16.8 Å². The summed E-state index contributed by atoms with van der Waals surface area (Å²) < 4.78 is 12.4. The Balaban J connectivity index is 1.65. The van der Waals surface area contributed by atoms with Gasteiger partial charge in [-0.15, -0.1) is 13.2 Å². The summed E-state index contributed by atoms with van der Waals surface area (Å²) >= 11 is 3.70. The van der Waals surface area contributed by atoms with Crippen molar-refractivity contribution in [3.8, 4) is 0 Å². The molecule has 2 bridgehead atoms. The summed E-state index contributed by atoms with van der Waals surface area (Å²) in [6, 6.07) is 4.93. The van der Waals surface area contributed by atoms with E-state index in [-0.39, 0.29) is 48.8 Å². The number of allylic oxidation sites excluding steroid dienone is 1. The van der Waals surface area contributed by atoms with Crippen LogP contribution in [0.3, 0.4) is 0 Å². The third-order valence-corrected chi connectivity index (χ3v) is 9.91. The zero-order valence-corrected chi connectivity index (χ0v) is 28.1. The number of nitrogens with one attached hydrogen (secondary N) is 1. The molecule has 10 nitrogen and oxygen atoms in total. The number of anilines is 1. The van der Waals surface area contributed by atoms with Crippen LogP contribution in [-0.4, -0.2) is 88.6 Å². The van der Waals surface area contributed by atoms with Crippen LogP contribution >= 0.6 is 15.9 Å². The van der Waals surface area contributed by atoms with Crippen LogP contribution in [0.5, 0.6) is 0 Å². The first-order valence-corrected chi connectivity index (χ1v) is 16.7. The van der Waals surface area contributed by atoms with Crippen LogP contribution in [0.15, 0.2) is 43.5 Å². The fraction of sp³-hybridized carbons (Fsp3) is 0.588. The number of rotatable bonds is 16. The number of hydrogen-bond donors (Lipinski definition) is 2. The second-order valence-corrected chi connectivity index (χ2v) is 13.6. The number of ether oxygens (including phenoxy) is 2. The molecular formula is C34H46BrN3O7.